The molecule has 0 spiro atoms. The van der Waals surface area contributed by atoms with Gasteiger partial charge in [-0.05, 0) is 24.3 Å². The van der Waals surface area contributed by atoms with E-state index in [-0.39, 0.29) is 18.7 Å². The van der Waals surface area contributed by atoms with Crippen molar-refractivity contribution in [1.29, 1.82) is 0 Å². The van der Waals surface area contributed by atoms with E-state index in [1.807, 2.05) is 13.8 Å². The summed E-state index contributed by atoms with van der Waals surface area (Å²) in [5.41, 5.74) is -5.94. The van der Waals surface area contributed by atoms with E-state index in [4.69, 9.17) is 4.74 Å². The van der Waals surface area contributed by atoms with Crippen molar-refractivity contribution < 1.29 is 40.1 Å². The van der Waals surface area contributed by atoms with E-state index in [1.165, 1.54) is 11.5 Å². The van der Waals surface area contributed by atoms with Gasteiger partial charge in [-0.3, -0.25) is 4.79 Å². The third kappa shape index (κ3) is 4.18. The number of esters is 1. The van der Waals surface area contributed by atoms with Crippen LogP contribution in [0.5, 0.6) is 5.75 Å². The highest BCUT2D eigenvalue weighted by Gasteiger charge is 2.51. The molecule has 1 aliphatic heterocycles. The molecule has 11 heteroatoms. The van der Waals surface area contributed by atoms with Crippen LogP contribution in [0, 0.1) is 5.41 Å². The molecule has 0 saturated carbocycles. The zero-order valence-corrected chi connectivity index (χ0v) is 17.8. The molecule has 1 aromatic heterocycles. The normalized spacial score (nSPS) is 15.4. The van der Waals surface area contributed by atoms with Crippen molar-refractivity contribution in [3.05, 3.63) is 41.7 Å². The van der Waals surface area contributed by atoms with Crippen LogP contribution < -0.4 is 4.18 Å². The van der Waals surface area contributed by atoms with Gasteiger partial charge < -0.3 is 13.5 Å². The first-order valence-corrected chi connectivity index (χ1v) is 10.7. The summed E-state index contributed by atoms with van der Waals surface area (Å²) in [6.45, 7) is 5.23. The molecule has 0 radical (unpaired) electrons. The van der Waals surface area contributed by atoms with Crippen LogP contribution in [-0.4, -0.2) is 36.9 Å². The summed E-state index contributed by atoms with van der Waals surface area (Å²) in [5.74, 6) is -3.43. The molecule has 0 amide bonds. The molecule has 0 unspecified atom stereocenters. The smallest absolute Gasteiger partial charge is 0.460 e. The zero-order chi connectivity index (χ0) is 23.2. The molecule has 0 fully saturated rings. The van der Waals surface area contributed by atoms with E-state index in [9.17, 15) is 31.2 Å². The summed E-state index contributed by atoms with van der Waals surface area (Å²) >= 11 is 0. The van der Waals surface area contributed by atoms with Gasteiger partial charge in [0, 0.05) is 17.8 Å². The minimum absolute atomic E-state index is 0.0200. The number of aromatic nitrogens is 1. The standard InChI is InChI=1S/C20H20F3NO6S/c1-4-29-18(26)16(25)15-17(30-31(27,28)20(21,22)23)14(12-8-6-5-7-9-12)13-10-19(2,3)11-24(13)15/h5-9H,4,10-11H2,1-3H3. The van der Waals surface area contributed by atoms with Crippen LogP contribution in [0.25, 0.3) is 11.1 Å². The third-order valence-electron chi connectivity index (χ3n) is 4.77. The summed E-state index contributed by atoms with van der Waals surface area (Å²) in [6.07, 6.45) is 0.315. The number of hydrogen-bond acceptors (Lipinski definition) is 6. The van der Waals surface area contributed by atoms with Crippen LogP contribution in [0.1, 0.15) is 37.0 Å². The van der Waals surface area contributed by atoms with Crippen molar-refractivity contribution in [2.45, 2.75) is 39.2 Å². The molecule has 1 aromatic carbocycles. The van der Waals surface area contributed by atoms with Gasteiger partial charge in [0.25, 0.3) is 5.78 Å². The molecule has 1 aliphatic rings. The lowest BCUT2D eigenvalue weighted by molar-refractivity contribution is -0.137. The van der Waals surface area contributed by atoms with Gasteiger partial charge >= 0.3 is 21.6 Å². The van der Waals surface area contributed by atoms with Gasteiger partial charge in [-0.2, -0.15) is 21.6 Å². The molecule has 0 bridgehead atoms. The number of Topliss-reactive ketones (excluding diaryl/α,β-unsaturated/α-hetero) is 1. The van der Waals surface area contributed by atoms with Crippen LogP contribution in [0.2, 0.25) is 0 Å². The topological polar surface area (TPSA) is 91.7 Å². The molecule has 31 heavy (non-hydrogen) atoms. The van der Waals surface area contributed by atoms with Crippen molar-refractivity contribution in [3.63, 3.8) is 0 Å². The Kier molecular flexibility index (Phi) is 5.68. The van der Waals surface area contributed by atoms with Gasteiger partial charge in [0.2, 0.25) is 0 Å². The van der Waals surface area contributed by atoms with Crippen LogP contribution in [0.3, 0.4) is 0 Å². The quantitative estimate of drug-likeness (QED) is 0.215. The Labute approximate surface area is 176 Å². The Balaban J connectivity index is 2.33. The summed E-state index contributed by atoms with van der Waals surface area (Å²) in [5, 5.41) is 0. The van der Waals surface area contributed by atoms with E-state index in [1.54, 1.807) is 30.3 Å². The molecule has 168 valence electrons. The van der Waals surface area contributed by atoms with Gasteiger partial charge in [0.15, 0.2) is 5.75 Å². The molecule has 0 atom stereocenters. The predicted octanol–water partition coefficient (Wildman–Crippen LogP) is 3.71. The maximum absolute atomic E-state index is 13.1. The number of fused-ring (bicyclic) bond motifs is 1. The number of alkyl halides is 3. The third-order valence-corrected chi connectivity index (χ3v) is 5.73. The fourth-order valence-electron chi connectivity index (χ4n) is 3.60. The molecule has 2 aromatic rings. The first-order valence-electron chi connectivity index (χ1n) is 9.32. The van der Waals surface area contributed by atoms with Gasteiger partial charge in [-0.1, -0.05) is 44.2 Å². The summed E-state index contributed by atoms with van der Waals surface area (Å²) in [4.78, 5) is 25.0. The fraction of sp³-hybridized carbons (Fsp3) is 0.400. The van der Waals surface area contributed by atoms with E-state index >= 15 is 0 Å². The lowest BCUT2D eigenvalue weighted by Crippen LogP contribution is -2.30. The number of ether oxygens (including phenoxy) is 1. The Bertz CT molecular complexity index is 1130. The van der Waals surface area contributed by atoms with Crippen LogP contribution in [0.4, 0.5) is 13.2 Å². The first-order chi connectivity index (χ1) is 14.3. The van der Waals surface area contributed by atoms with Crippen molar-refractivity contribution in [3.8, 4) is 16.9 Å². The van der Waals surface area contributed by atoms with E-state index in [0.717, 1.165) is 0 Å². The van der Waals surface area contributed by atoms with Crippen LogP contribution in [0.15, 0.2) is 30.3 Å². The van der Waals surface area contributed by atoms with Gasteiger partial charge in [0.05, 0.1) is 6.61 Å². The molecular weight excluding hydrogens is 439 g/mol. The number of ketones is 1. The minimum Gasteiger partial charge on any atom is -0.460 e. The Hall–Kier alpha value is -2.82. The number of benzene rings is 1. The maximum Gasteiger partial charge on any atom is 0.534 e. The van der Waals surface area contributed by atoms with Crippen LogP contribution >= 0.6 is 0 Å². The highest BCUT2D eigenvalue weighted by atomic mass is 32.2. The largest absolute Gasteiger partial charge is 0.534 e. The van der Waals surface area contributed by atoms with E-state index < -0.39 is 44.2 Å². The minimum atomic E-state index is -6.11. The zero-order valence-electron chi connectivity index (χ0n) is 16.9. The second-order valence-electron chi connectivity index (χ2n) is 7.83. The lowest BCUT2D eigenvalue weighted by atomic mass is 9.89. The van der Waals surface area contributed by atoms with Gasteiger partial charge in [-0.25, -0.2) is 4.79 Å². The van der Waals surface area contributed by atoms with Crippen LogP contribution in [-0.2, 0) is 32.6 Å². The number of rotatable bonds is 6. The number of nitrogens with zero attached hydrogens (tertiary/aromatic N) is 1. The second kappa shape index (κ2) is 7.70. The highest BCUT2D eigenvalue weighted by molar-refractivity contribution is 7.88. The highest BCUT2D eigenvalue weighted by Crippen LogP contribution is 2.48. The number of carbonyl (C=O) groups excluding carboxylic acids is 2. The molecule has 0 aliphatic carbocycles. The lowest BCUT2D eigenvalue weighted by Gasteiger charge is -2.18. The number of carbonyl (C=O) groups is 2. The van der Waals surface area contributed by atoms with Crippen molar-refractivity contribution >= 4 is 21.9 Å². The molecule has 7 nitrogen and oxygen atoms in total. The summed E-state index contributed by atoms with van der Waals surface area (Å²) < 4.78 is 73.5. The van der Waals surface area contributed by atoms with E-state index in [0.29, 0.717) is 17.7 Å². The Morgan fingerprint density at radius 1 is 1.16 bits per heavy atom. The predicted molar refractivity (Wildman–Crippen MR) is 104 cm³/mol. The average molecular weight is 459 g/mol. The Morgan fingerprint density at radius 3 is 2.32 bits per heavy atom. The van der Waals surface area contributed by atoms with Crippen molar-refractivity contribution in [2.75, 3.05) is 6.61 Å². The number of hydrogen-bond donors (Lipinski definition) is 0. The molecule has 0 saturated heterocycles. The van der Waals surface area contributed by atoms with Crippen molar-refractivity contribution in [1.82, 2.24) is 4.57 Å². The Morgan fingerprint density at radius 2 is 1.77 bits per heavy atom. The maximum atomic E-state index is 13.1. The molecular formula is C20H20F3NO6S. The fourth-order valence-corrected chi connectivity index (χ4v) is 4.07. The second-order valence-corrected chi connectivity index (χ2v) is 9.36. The monoisotopic (exact) mass is 459 g/mol. The summed E-state index contributed by atoms with van der Waals surface area (Å²) in [6, 6.07) is 7.98. The SMILES string of the molecule is CCOC(=O)C(=O)c1c(OS(=O)(=O)C(F)(F)F)c(-c2ccccc2)c2n1CC(C)(C)C2. The van der Waals surface area contributed by atoms with Crippen molar-refractivity contribution in [2.24, 2.45) is 5.41 Å². The average Bonchev–Trinajstić information content (AvgIpc) is 3.10. The molecule has 2 heterocycles. The van der Waals surface area contributed by atoms with Gasteiger partial charge in [0.1, 0.15) is 5.69 Å². The summed E-state index contributed by atoms with van der Waals surface area (Å²) in [7, 11) is -6.11. The number of halogens is 3. The molecule has 0 N–H and O–H groups in total. The first kappa shape index (κ1) is 22.9. The van der Waals surface area contributed by atoms with Gasteiger partial charge in [-0.15, -0.1) is 0 Å². The molecule has 3 rings (SSSR count). The van der Waals surface area contributed by atoms with E-state index in [2.05, 4.69) is 4.18 Å².